The Balaban J connectivity index is 0.00000289. The number of carboxylic acid groups (broad SMARTS) is 1. The van der Waals surface area contributed by atoms with Crippen LogP contribution in [0.3, 0.4) is 0 Å². The molecule has 0 aliphatic carbocycles. The first-order valence-corrected chi connectivity index (χ1v) is 5.28. The third-order valence-corrected chi connectivity index (χ3v) is 2.94. The van der Waals surface area contributed by atoms with E-state index in [2.05, 4.69) is 0 Å². The average molecular weight is 280 g/mol. The summed E-state index contributed by atoms with van der Waals surface area (Å²) in [4.78, 5) is 11.1. The topological polar surface area (TPSA) is 63.3 Å². The van der Waals surface area contributed by atoms with Crippen LogP contribution in [0.2, 0.25) is 0 Å². The molecular weight excluding hydrogens is 264 g/mol. The van der Waals surface area contributed by atoms with Crippen LogP contribution in [0.5, 0.6) is 0 Å². The van der Waals surface area contributed by atoms with Gasteiger partial charge in [-0.15, -0.1) is 12.4 Å². The van der Waals surface area contributed by atoms with E-state index in [1.54, 1.807) is 6.92 Å². The monoisotopic (exact) mass is 279 g/mol. The summed E-state index contributed by atoms with van der Waals surface area (Å²) in [7, 11) is 0. The molecule has 1 unspecified atom stereocenters. The van der Waals surface area contributed by atoms with Crippen LogP contribution >= 0.6 is 12.4 Å². The molecule has 0 aromatic heterocycles. The molecule has 3 nitrogen and oxygen atoms in total. The van der Waals surface area contributed by atoms with Crippen LogP contribution in [-0.2, 0) is 10.3 Å². The minimum absolute atomic E-state index is 0. The summed E-state index contributed by atoms with van der Waals surface area (Å²) in [5, 5.41) is 9.04. The van der Waals surface area contributed by atoms with Gasteiger partial charge in [0.05, 0.1) is 11.5 Å². The van der Waals surface area contributed by atoms with Crippen molar-refractivity contribution in [3.05, 3.63) is 35.4 Å². The molecule has 2 atom stereocenters. The zero-order valence-corrected chi connectivity index (χ0v) is 10.9. The maximum absolute atomic E-state index is 13.6. The van der Waals surface area contributed by atoms with Crippen molar-refractivity contribution in [2.45, 2.75) is 25.8 Å². The van der Waals surface area contributed by atoms with Gasteiger partial charge < -0.3 is 10.8 Å². The van der Waals surface area contributed by atoms with Gasteiger partial charge in [-0.05, 0) is 19.4 Å². The Kier molecular flexibility index (Phi) is 5.70. The molecule has 6 heteroatoms. The van der Waals surface area contributed by atoms with Crippen LogP contribution in [0.1, 0.15) is 25.8 Å². The van der Waals surface area contributed by atoms with Crippen LogP contribution in [0, 0.1) is 17.6 Å². The fourth-order valence-corrected chi connectivity index (χ4v) is 1.97. The second-order valence-corrected chi connectivity index (χ2v) is 4.21. The Bertz CT molecular complexity index is 438. The van der Waals surface area contributed by atoms with Crippen molar-refractivity contribution in [1.82, 2.24) is 0 Å². The number of halogens is 3. The largest absolute Gasteiger partial charge is 0.481 e. The van der Waals surface area contributed by atoms with E-state index in [9.17, 15) is 13.6 Å². The van der Waals surface area contributed by atoms with Gasteiger partial charge in [0.1, 0.15) is 11.6 Å². The number of carbonyl (C=O) groups is 1. The van der Waals surface area contributed by atoms with Gasteiger partial charge in [0.25, 0.3) is 0 Å². The summed E-state index contributed by atoms with van der Waals surface area (Å²) < 4.78 is 26.4. The van der Waals surface area contributed by atoms with Crippen molar-refractivity contribution in [3.8, 4) is 0 Å². The smallest absolute Gasteiger partial charge is 0.308 e. The minimum Gasteiger partial charge on any atom is -0.481 e. The fraction of sp³-hybridized carbons (Fsp3) is 0.417. The Morgan fingerprint density at radius 3 is 2.44 bits per heavy atom. The van der Waals surface area contributed by atoms with Gasteiger partial charge in [-0.1, -0.05) is 13.0 Å². The molecule has 1 aromatic carbocycles. The molecule has 0 fully saturated rings. The fourth-order valence-electron chi connectivity index (χ4n) is 1.97. The molecule has 0 bridgehead atoms. The van der Waals surface area contributed by atoms with E-state index in [0.717, 1.165) is 6.07 Å². The highest BCUT2D eigenvalue weighted by Crippen LogP contribution is 2.31. The maximum atomic E-state index is 13.6. The second-order valence-electron chi connectivity index (χ2n) is 4.21. The summed E-state index contributed by atoms with van der Waals surface area (Å²) in [6.07, 6.45) is 0.263. The van der Waals surface area contributed by atoms with Crippen molar-refractivity contribution in [2.75, 3.05) is 0 Å². The van der Waals surface area contributed by atoms with E-state index in [-0.39, 0.29) is 24.4 Å². The van der Waals surface area contributed by atoms with Gasteiger partial charge in [-0.2, -0.15) is 0 Å². The summed E-state index contributed by atoms with van der Waals surface area (Å²) >= 11 is 0. The van der Waals surface area contributed by atoms with E-state index in [1.165, 1.54) is 13.0 Å². The summed E-state index contributed by atoms with van der Waals surface area (Å²) in [5.74, 6) is -3.57. The van der Waals surface area contributed by atoms with Crippen molar-refractivity contribution >= 4 is 18.4 Å². The SMILES string of the molecule is CC[C@H](C(=O)O)C(C)(N)c1ccc(F)cc1F.Cl. The average Bonchev–Trinajstić information content (AvgIpc) is 2.16. The normalized spacial score (nSPS) is 15.4. The second kappa shape index (κ2) is 6.11. The predicted molar refractivity (Wildman–Crippen MR) is 66.6 cm³/mol. The van der Waals surface area contributed by atoms with Crippen LogP contribution in [0.15, 0.2) is 18.2 Å². The van der Waals surface area contributed by atoms with E-state index in [4.69, 9.17) is 10.8 Å². The molecule has 0 heterocycles. The summed E-state index contributed by atoms with van der Waals surface area (Å²) in [5.41, 5.74) is 4.53. The van der Waals surface area contributed by atoms with E-state index >= 15 is 0 Å². The van der Waals surface area contributed by atoms with Crippen LogP contribution in [0.4, 0.5) is 8.78 Å². The van der Waals surface area contributed by atoms with Crippen LogP contribution in [0.25, 0.3) is 0 Å². The van der Waals surface area contributed by atoms with Gasteiger partial charge in [0, 0.05) is 11.6 Å². The van der Waals surface area contributed by atoms with Gasteiger partial charge in [0.15, 0.2) is 0 Å². The summed E-state index contributed by atoms with van der Waals surface area (Å²) in [6.45, 7) is 3.09. The third kappa shape index (κ3) is 3.17. The minimum atomic E-state index is -1.38. The van der Waals surface area contributed by atoms with E-state index in [1.807, 2.05) is 0 Å². The standard InChI is InChI=1S/C12H15F2NO2.ClH/c1-3-8(11(16)17)12(2,15)9-5-4-7(13)6-10(9)14;/h4-6,8H,3,15H2,1-2H3,(H,16,17);1H/t8-,12?;/m1./s1. The highest BCUT2D eigenvalue weighted by Gasteiger charge is 2.37. The predicted octanol–water partition coefficient (Wildman–Crippen LogP) is 2.67. The number of carboxylic acids is 1. The van der Waals surface area contributed by atoms with E-state index in [0.29, 0.717) is 6.07 Å². The maximum Gasteiger partial charge on any atom is 0.308 e. The molecule has 0 saturated heterocycles. The van der Waals surface area contributed by atoms with Crippen molar-refractivity contribution in [2.24, 2.45) is 11.7 Å². The van der Waals surface area contributed by atoms with Gasteiger partial charge in [0.2, 0.25) is 0 Å². The highest BCUT2D eigenvalue weighted by molar-refractivity contribution is 5.85. The highest BCUT2D eigenvalue weighted by atomic mass is 35.5. The summed E-state index contributed by atoms with van der Waals surface area (Å²) in [6, 6.07) is 2.96. The molecule has 0 radical (unpaired) electrons. The molecule has 3 N–H and O–H groups in total. The van der Waals surface area contributed by atoms with Crippen LogP contribution < -0.4 is 5.73 Å². The molecule has 18 heavy (non-hydrogen) atoms. The zero-order chi connectivity index (χ0) is 13.2. The molecule has 0 spiro atoms. The zero-order valence-electron chi connectivity index (χ0n) is 10.1. The lowest BCUT2D eigenvalue weighted by molar-refractivity contribution is -0.144. The Hall–Kier alpha value is -1.20. The van der Waals surface area contributed by atoms with Gasteiger partial charge in [-0.25, -0.2) is 8.78 Å². The molecule has 0 aliphatic heterocycles. The van der Waals surface area contributed by atoms with Crippen LogP contribution in [-0.4, -0.2) is 11.1 Å². The first kappa shape index (κ1) is 16.8. The van der Waals surface area contributed by atoms with Crippen molar-refractivity contribution in [1.29, 1.82) is 0 Å². The van der Waals surface area contributed by atoms with Gasteiger partial charge >= 0.3 is 5.97 Å². The number of aliphatic carboxylic acids is 1. The first-order chi connectivity index (χ1) is 7.80. The third-order valence-electron chi connectivity index (χ3n) is 2.94. The molecular formula is C12H16ClF2NO2. The first-order valence-electron chi connectivity index (χ1n) is 5.28. The Labute approximate surface area is 110 Å². The lowest BCUT2D eigenvalue weighted by Gasteiger charge is -2.31. The molecule has 0 amide bonds. The Morgan fingerprint density at radius 1 is 1.50 bits per heavy atom. The van der Waals surface area contributed by atoms with Crippen molar-refractivity contribution in [3.63, 3.8) is 0 Å². The number of hydrogen-bond acceptors (Lipinski definition) is 2. The number of nitrogens with two attached hydrogens (primary N) is 1. The molecule has 1 aromatic rings. The quantitative estimate of drug-likeness (QED) is 0.891. The number of hydrogen-bond donors (Lipinski definition) is 2. The lowest BCUT2D eigenvalue weighted by atomic mass is 9.78. The molecule has 1 rings (SSSR count). The molecule has 102 valence electrons. The molecule has 0 saturated carbocycles. The molecule has 0 aliphatic rings. The van der Waals surface area contributed by atoms with Gasteiger partial charge in [-0.3, -0.25) is 4.79 Å². The lowest BCUT2D eigenvalue weighted by Crippen LogP contribution is -2.45. The number of benzene rings is 1. The number of rotatable bonds is 4. The Morgan fingerprint density at radius 2 is 2.06 bits per heavy atom. The van der Waals surface area contributed by atoms with E-state index < -0.39 is 29.1 Å². The van der Waals surface area contributed by atoms with Crippen molar-refractivity contribution < 1.29 is 18.7 Å².